The predicted octanol–water partition coefficient (Wildman–Crippen LogP) is 3.90. The number of rotatable bonds is 0. The van der Waals surface area contributed by atoms with E-state index in [9.17, 15) is 18.0 Å². The molecule has 1 saturated carbocycles. The summed E-state index contributed by atoms with van der Waals surface area (Å²) in [4.78, 5) is 11.7. The SMILES string of the molecule is O=C1CC(C#CC2CC2)(C(F)(F)F)c2cc(Cl)ccc2N1. The van der Waals surface area contributed by atoms with Crippen LogP contribution in [-0.2, 0) is 10.2 Å². The van der Waals surface area contributed by atoms with Crippen LogP contribution in [0.2, 0.25) is 5.02 Å². The molecule has 2 nitrogen and oxygen atoms in total. The molecule has 1 unspecified atom stereocenters. The maximum atomic E-state index is 13.7. The van der Waals surface area contributed by atoms with E-state index in [4.69, 9.17) is 11.6 Å². The highest BCUT2D eigenvalue weighted by Gasteiger charge is 2.59. The van der Waals surface area contributed by atoms with Crippen molar-refractivity contribution in [3.8, 4) is 11.8 Å². The molecule has 21 heavy (non-hydrogen) atoms. The van der Waals surface area contributed by atoms with Crippen molar-refractivity contribution in [2.24, 2.45) is 5.92 Å². The molecule has 0 radical (unpaired) electrons. The number of carbonyl (C=O) groups is 1. The molecule has 0 aromatic heterocycles. The zero-order chi connectivity index (χ0) is 15.3. The van der Waals surface area contributed by atoms with Crippen molar-refractivity contribution in [1.29, 1.82) is 0 Å². The lowest BCUT2D eigenvalue weighted by Crippen LogP contribution is -2.47. The van der Waals surface area contributed by atoms with E-state index in [1.165, 1.54) is 18.2 Å². The molecule has 1 aliphatic heterocycles. The van der Waals surface area contributed by atoms with Crippen LogP contribution in [0.1, 0.15) is 24.8 Å². The van der Waals surface area contributed by atoms with Crippen LogP contribution in [-0.4, -0.2) is 12.1 Å². The van der Waals surface area contributed by atoms with E-state index < -0.39 is 23.9 Å². The van der Waals surface area contributed by atoms with Crippen LogP contribution in [0, 0.1) is 17.8 Å². The first kappa shape index (κ1) is 14.3. The van der Waals surface area contributed by atoms with Crippen LogP contribution in [0.15, 0.2) is 18.2 Å². The van der Waals surface area contributed by atoms with Gasteiger partial charge in [-0.25, -0.2) is 0 Å². The summed E-state index contributed by atoms with van der Waals surface area (Å²) in [7, 11) is 0. The molecule has 1 aliphatic carbocycles. The van der Waals surface area contributed by atoms with E-state index in [0.717, 1.165) is 12.8 Å². The van der Waals surface area contributed by atoms with Crippen LogP contribution in [0.25, 0.3) is 0 Å². The molecule has 0 bridgehead atoms. The minimum absolute atomic E-state index is 0.0110. The highest BCUT2D eigenvalue weighted by atomic mass is 35.5. The average molecular weight is 314 g/mol. The molecule has 1 aromatic rings. The minimum Gasteiger partial charge on any atom is -0.326 e. The molecule has 1 N–H and O–H groups in total. The fourth-order valence-corrected chi connectivity index (χ4v) is 2.57. The number of hydrogen-bond acceptors (Lipinski definition) is 1. The van der Waals surface area contributed by atoms with Crippen molar-refractivity contribution in [2.75, 3.05) is 5.32 Å². The van der Waals surface area contributed by atoms with E-state index in [2.05, 4.69) is 17.2 Å². The monoisotopic (exact) mass is 313 g/mol. The third-order valence-electron chi connectivity index (χ3n) is 3.69. The predicted molar refractivity (Wildman–Crippen MR) is 72.9 cm³/mol. The second-order valence-corrected chi connectivity index (χ2v) is 5.80. The summed E-state index contributed by atoms with van der Waals surface area (Å²) in [6, 6.07) is 4.07. The molecule has 3 rings (SSSR count). The standard InChI is InChI=1S/C15H11ClF3NO/c16-10-3-4-12-11(7-10)14(15(17,18)19,8-13(21)20-12)6-5-9-1-2-9/h3-4,7,9H,1-2,8H2,(H,20,21). The third-order valence-corrected chi connectivity index (χ3v) is 3.93. The molecule has 1 heterocycles. The Kier molecular flexibility index (Phi) is 3.18. The molecule has 2 aliphatic rings. The molecular weight excluding hydrogens is 303 g/mol. The average Bonchev–Trinajstić information content (AvgIpc) is 3.19. The molecule has 0 saturated heterocycles. The summed E-state index contributed by atoms with van der Waals surface area (Å²) >= 11 is 5.84. The minimum atomic E-state index is -4.65. The zero-order valence-corrected chi connectivity index (χ0v) is 11.6. The van der Waals surface area contributed by atoms with Gasteiger partial charge in [0.1, 0.15) is 0 Å². The van der Waals surface area contributed by atoms with Crippen LogP contribution < -0.4 is 5.32 Å². The summed E-state index contributed by atoms with van der Waals surface area (Å²) in [5.74, 6) is 4.34. The van der Waals surface area contributed by atoms with Gasteiger partial charge in [-0.15, -0.1) is 0 Å². The Morgan fingerprint density at radius 3 is 2.67 bits per heavy atom. The number of carbonyl (C=O) groups excluding carboxylic acids is 1. The van der Waals surface area contributed by atoms with E-state index in [1.807, 2.05) is 0 Å². The Balaban J connectivity index is 2.22. The summed E-state index contributed by atoms with van der Waals surface area (Å²) in [5, 5.41) is 2.64. The maximum Gasteiger partial charge on any atom is 0.409 e. The Morgan fingerprint density at radius 2 is 2.05 bits per heavy atom. The highest BCUT2D eigenvalue weighted by molar-refractivity contribution is 6.30. The molecule has 0 spiro atoms. The van der Waals surface area contributed by atoms with Crippen molar-refractivity contribution in [2.45, 2.75) is 30.9 Å². The second kappa shape index (κ2) is 4.67. The Hall–Kier alpha value is -1.67. The van der Waals surface area contributed by atoms with Gasteiger partial charge in [0, 0.05) is 22.2 Å². The van der Waals surface area contributed by atoms with Gasteiger partial charge in [-0.05, 0) is 31.0 Å². The molecule has 6 heteroatoms. The normalized spacial score (nSPS) is 24.7. The number of alkyl halides is 3. The van der Waals surface area contributed by atoms with Crippen LogP contribution in [0.5, 0.6) is 0 Å². The highest BCUT2D eigenvalue weighted by Crippen LogP contribution is 2.49. The lowest BCUT2D eigenvalue weighted by molar-refractivity contribution is -0.177. The summed E-state index contributed by atoms with van der Waals surface area (Å²) < 4.78 is 41.2. The van der Waals surface area contributed by atoms with Crippen LogP contribution in [0.3, 0.4) is 0 Å². The number of amides is 1. The van der Waals surface area contributed by atoms with E-state index >= 15 is 0 Å². The first-order valence-electron chi connectivity index (χ1n) is 6.51. The zero-order valence-electron chi connectivity index (χ0n) is 10.9. The van der Waals surface area contributed by atoms with Gasteiger partial charge in [-0.2, -0.15) is 13.2 Å². The quantitative estimate of drug-likeness (QED) is 0.723. The largest absolute Gasteiger partial charge is 0.409 e. The van der Waals surface area contributed by atoms with Gasteiger partial charge in [0.25, 0.3) is 0 Å². The molecule has 1 atom stereocenters. The molecule has 1 aromatic carbocycles. The maximum absolute atomic E-state index is 13.7. The van der Waals surface area contributed by atoms with Gasteiger partial charge >= 0.3 is 6.18 Å². The van der Waals surface area contributed by atoms with E-state index in [0.29, 0.717) is 0 Å². The number of benzene rings is 1. The van der Waals surface area contributed by atoms with Gasteiger partial charge in [0.2, 0.25) is 5.91 Å². The molecular formula is C15H11ClF3NO. The fraction of sp³-hybridized carbons (Fsp3) is 0.400. The summed E-state index contributed by atoms with van der Waals surface area (Å²) in [5.41, 5.74) is -2.42. The lowest BCUT2D eigenvalue weighted by atomic mass is 9.74. The number of fused-ring (bicyclic) bond motifs is 1. The molecule has 1 amide bonds. The Labute approximate surface area is 124 Å². The van der Waals surface area contributed by atoms with Crippen LogP contribution >= 0.6 is 11.6 Å². The summed E-state index contributed by atoms with van der Waals surface area (Å²) in [6.45, 7) is 0. The van der Waals surface area contributed by atoms with Gasteiger partial charge < -0.3 is 5.32 Å². The summed E-state index contributed by atoms with van der Waals surface area (Å²) in [6.07, 6.45) is -3.75. The fourth-order valence-electron chi connectivity index (χ4n) is 2.40. The first-order valence-corrected chi connectivity index (χ1v) is 6.89. The number of anilines is 1. The van der Waals surface area contributed by atoms with Gasteiger partial charge in [-0.1, -0.05) is 23.4 Å². The smallest absolute Gasteiger partial charge is 0.326 e. The van der Waals surface area contributed by atoms with Crippen molar-refractivity contribution in [3.05, 3.63) is 28.8 Å². The lowest BCUT2D eigenvalue weighted by Gasteiger charge is -2.36. The van der Waals surface area contributed by atoms with Gasteiger partial charge in [0.05, 0.1) is 6.42 Å². The topological polar surface area (TPSA) is 29.1 Å². The van der Waals surface area contributed by atoms with Crippen molar-refractivity contribution >= 4 is 23.2 Å². The first-order chi connectivity index (χ1) is 9.82. The number of nitrogens with one attached hydrogen (secondary N) is 1. The van der Waals surface area contributed by atoms with Crippen LogP contribution in [0.4, 0.5) is 18.9 Å². The molecule has 110 valence electrons. The Morgan fingerprint density at radius 1 is 1.33 bits per heavy atom. The number of hydrogen-bond donors (Lipinski definition) is 1. The van der Waals surface area contributed by atoms with E-state index in [1.54, 1.807) is 0 Å². The van der Waals surface area contributed by atoms with E-state index in [-0.39, 0.29) is 22.2 Å². The Bertz CT molecular complexity index is 670. The van der Waals surface area contributed by atoms with Crippen molar-refractivity contribution in [3.63, 3.8) is 0 Å². The second-order valence-electron chi connectivity index (χ2n) is 5.36. The van der Waals surface area contributed by atoms with Gasteiger partial charge in [0.15, 0.2) is 5.41 Å². The third kappa shape index (κ3) is 2.49. The van der Waals surface area contributed by atoms with Gasteiger partial charge in [-0.3, -0.25) is 4.79 Å². The number of halogens is 4. The molecule has 1 fully saturated rings. The van der Waals surface area contributed by atoms with Crippen molar-refractivity contribution in [1.82, 2.24) is 0 Å². The van der Waals surface area contributed by atoms with Crippen molar-refractivity contribution < 1.29 is 18.0 Å².